The summed E-state index contributed by atoms with van der Waals surface area (Å²) in [4.78, 5) is 29.3. The molecule has 2 amide bonds. The molecular weight excluding hydrogens is 408 g/mol. The number of ether oxygens (including phenoxy) is 2. The number of hydrogen-bond acceptors (Lipinski definition) is 5. The van der Waals surface area contributed by atoms with Crippen LogP contribution in [0.5, 0.6) is 0 Å². The molecule has 4 atom stereocenters. The molecule has 1 spiro atoms. The zero-order valence-corrected chi connectivity index (χ0v) is 17.9. The molecule has 0 bridgehead atoms. The second-order valence-corrected chi connectivity index (χ2v) is 8.96. The number of carbonyl (C=O) groups is 2. The van der Waals surface area contributed by atoms with Crippen molar-refractivity contribution >= 4 is 11.8 Å². The summed E-state index contributed by atoms with van der Waals surface area (Å²) < 4.78 is 39.0. The van der Waals surface area contributed by atoms with Gasteiger partial charge in [-0.1, -0.05) is 6.07 Å². The van der Waals surface area contributed by atoms with Gasteiger partial charge in [-0.05, 0) is 31.5 Å². The highest BCUT2D eigenvalue weighted by molar-refractivity contribution is 5.81. The van der Waals surface area contributed by atoms with Crippen LogP contribution in [0.3, 0.4) is 0 Å². The van der Waals surface area contributed by atoms with Gasteiger partial charge in [0.05, 0.1) is 37.5 Å². The first kappa shape index (κ1) is 22.1. The van der Waals surface area contributed by atoms with E-state index in [2.05, 4.69) is 10.2 Å². The molecule has 0 aromatic heterocycles. The van der Waals surface area contributed by atoms with Crippen LogP contribution in [0.4, 0.5) is 8.78 Å². The number of halogens is 2. The Hall–Kier alpha value is -2.10. The van der Waals surface area contributed by atoms with E-state index in [1.165, 1.54) is 6.07 Å². The van der Waals surface area contributed by atoms with Gasteiger partial charge in [0.15, 0.2) is 11.6 Å². The molecule has 0 unspecified atom stereocenters. The Bertz CT molecular complexity index is 844. The van der Waals surface area contributed by atoms with Gasteiger partial charge in [-0.25, -0.2) is 8.78 Å². The number of morpholine rings is 1. The van der Waals surface area contributed by atoms with Crippen LogP contribution in [-0.4, -0.2) is 85.3 Å². The van der Waals surface area contributed by atoms with Crippen molar-refractivity contribution in [3.63, 3.8) is 0 Å². The van der Waals surface area contributed by atoms with Gasteiger partial charge < -0.3 is 19.7 Å². The maximum atomic E-state index is 14.0. The highest BCUT2D eigenvalue weighted by Gasteiger charge is 2.51. The van der Waals surface area contributed by atoms with Crippen LogP contribution in [0.1, 0.15) is 31.7 Å². The molecule has 7 nitrogen and oxygen atoms in total. The van der Waals surface area contributed by atoms with E-state index in [9.17, 15) is 18.4 Å². The fraction of sp³-hybridized carbons (Fsp3) is 0.636. The van der Waals surface area contributed by atoms with E-state index < -0.39 is 23.1 Å². The zero-order valence-electron chi connectivity index (χ0n) is 17.9. The number of nitrogens with one attached hydrogen (secondary N) is 1. The summed E-state index contributed by atoms with van der Waals surface area (Å²) in [5.74, 6) is -2.52. The molecule has 170 valence electrons. The minimum Gasteiger partial charge on any atom is -0.378 e. The average Bonchev–Trinajstić information content (AvgIpc) is 2.95. The lowest BCUT2D eigenvalue weighted by Gasteiger charge is -2.36. The summed E-state index contributed by atoms with van der Waals surface area (Å²) in [5.41, 5.74) is -0.340. The van der Waals surface area contributed by atoms with Gasteiger partial charge in [0.2, 0.25) is 11.8 Å². The normalized spacial score (nSPS) is 32.2. The van der Waals surface area contributed by atoms with Crippen molar-refractivity contribution in [2.45, 2.75) is 43.9 Å². The fourth-order valence-corrected chi connectivity index (χ4v) is 5.03. The highest BCUT2D eigenvalue weighted by Crippen LogP contribution is 2.38. The molecule has 0 aliphatic carbocycles. The van der Waals surface area contributed by atoms with E-state index in [1.54, 1.807) is 4.90 Å². The van der Waals surface area contributed by atoms with Crippen LogP contribution < -0.4 is 5.32 Å². The maximum Gasteiger partial charge on any atom is 0.236 e. The molecule has 3 heterocycles. The predicted octanol–water partition coefficient (Wildman–Crippen LogP) is 1.28. The molecule has 9 heteroatoms. The van der Waals surface area contributed by atoms with Crippen LogP contribution in [0.15, 0.2) is 18.2 Å². The Kier molecular flexibility index (Phi) is 6.27. The first-order chi connectivity index (χ1) is 14.8. The topological polar surface area (TPSA) is 71.1 Å². The predicted molar refractivity (Wildman–Crippen MR) is 108 cm³/mol. The molecule has 3 fully saturated rings. The van der Waals surface area contributed by atoms with Crippen LogP contribution in [0.2, 0.25) is 0 Å². The third-order valence-corrected chi connectivity index (χ3v) is 6.32. The third kappa shape index (κ3) is 4.73. The third-order valence-electron chi connectivity index (χ3n) is 6.32. The van der Waals surface area contributed by atoms with Crippen LogP contribution in [0.25, 0.3) is 0 Å². The molecule has 1 aromatic carbocycles. The summed E-state index contributed by atoms with van der Waals surface area (Å²) in [7, 11) is 0. The summed E-state index contributed by atoms with van der Waals surface area (Å²) in [6, 6.07) is 3.75. The number of rotatable bonds is 3. The molecule has 4 rings (SSSR count). The Labute approximate surface area is 180 Å². The van der Waals surface area contributed by atoms with Gasteiger partial charge in [-0.15, -0.1) is 0 Å². The zero-order chi connectivity index (χ0) is 22.2. The van der Waals surface area contributed by atoms with E-state index in [4.69, 9.17) is 9.47 Å². The lowest BCUT2D eigenvalue weighted by molar-refractivity contribution is -0.135. The Morgan fingerprint density at radius 1 is 1.19 bits per heavy atom. The monoisotopic (exact) mass is 437 g/mol. The smallest absolute Gasteiger partial charge is 0.236 e. The number of nitrogens with zero attached hydrogens (tertiary/aromatic N) is 2. The summed E-state index contributed by atoms with van der Waals surface area (Å²) >= 11 is 0. The molecule has 0 saturated carbocycles. The second-order valence-electron chi connectivity index (χ2n) is 8.96. The van der Waals surface area contributed by atoms with E-state index in [1.807, 2.05) is 13.8 Å². The van der Waals surface area contributed by atoms with Crippen molar-refractivity contribution in [1.29, 1.82) is 0 Å². The molecular formula is C22H29F2N3O4. The first-order valence-electron chi connectivity index (χ1n) is 10.7. The van der Waals surface area contributed by atoms with E-state index >= 15 is 0 Å². The second kappa shape index (κ2) is 8.80. The minimum absolute atomic E-state index is 0.0472. The Morgan fingerprint density at radius 2 is 1.94 bits per heavy atom. The molecule has 3 saturated heterocycles. The van der Waals surface area contributed by atoms with Gasteiger partial charge in [0.25, 0.3) is 0 Å². The molecule has 31 heavy (non-hydrogen) atoms. The summed E-state index contributed by atoms with van der Waals surface area (Å²) in [5, 5.41) is 3.03. The molecule has 3 aliphatic rings. The van der Waals surface area contributed by atoms with Crippen molar-refractivity contribution in [3.05, 3.63) is 35.4 Å². The molecule has 1 N–H and O–H groups in total. The molecule has 1 aromatic rings. The lowest BCUT2D eigenvalue weighted by Crippen LogP contribution is -2.56. The van der Waals surface area contributed by atoms with Gasteiger partial charge in [-0.2, -0.15) is 0 Å². The minimum atomic E-state index is -0.949. The molecule has 0 radical (unpaired) electrons. The van der Waals surface area contributed by atoms with Crippen molar-refractivity contribution in [3.8, 4) is 0 Å². The SMILES string of the molecule is C[C@H]1CN(CC(=O)N2C[C@@H](c3ccc(F)c(F)c3)[C@@]3(COCCC(=O)N3)C2)C[C@H](C)O1. The van der Waals surface area contributed by atoms with E-state index in [0.29, 0.717) is 25.2 Å². The maximum absolute atomic E-state index is 14.0. The van der Waals surface area contributed by atoms with Crippen molar-refractivity contribution in [2.24, 2.45) is 0 Å². The van der Waals surface area contributed by atoms with E-state index in [-0.39, 0.29) is 56.7 Å². The van der Waals surface area contributed by atoms with Crippen molar-refractivity contribution in [1.82, 2.24) is 15.1 Å². The largest absolute Gasteiger partial charge is 0.378 e. The van der Waals surface area contributed by atoms with Crippen molar-refractivity contribution in [2.75, 3.05) is 45.9 Å². The fourth-order valence-electron chi connectivity index (χ4n) is 5.03. The first-order valence-corrected chi connectivity index (χ1v) is 10.7. The standard InChI is InChI=1S/C22H29F2N3O4/c1-14-8-26(9-15(2)31-14)11-21(29)27-10-17(16-3-4-18(23)19(24)7-16)22(12-27)13-30-6-5-20(28)25-22/h3-4,7,14-15,17H,5-6,8-13H2,1-2H3,(H,25,28)/t14-,15-,17-,22-/m0/s1. The van der Waals surface area contributed by atoms with Crippen LogP contribution >= 0.6 is 0 Å². The number of amides is 2. The highest BCUT2D eigenvalue weighted by atomic mass is 19.2. The van der Waals surface area contributed by atoms with Gasteiger partial charge in [-0.3, -0.25) is 14.5 Å². The average molecular weight is 437 g/mol. The number of hydrogen-bond donors (Lipinski definition) is 1. The Balaban J connectivity index is 1.57. The van der Waals surface area contributed by atoms with Gasteiger partial charge >= 0.3 is 0 Å². The van der Waals surface area contributed by atoms with Gasteiger partial charge in [0, 0.05) is 38.5 Å². The lowest BCUT2D eigenvalue weighted by atomic mass is 9.82. The number of carbonyl (C=O) groups excluding carboxylic acids is 2. The van der Waals surface area contributed by atoms with Crippen LogP contribution in [-0.2, 0) is 19.1 Å². The van der Waals surface area contributed by atoms with Crippen molar-refractivity contribution < 1.29 is 27.8 Å². The molecule has 3 aliphatic heterocycles. The summed E-state index contributed by atoms with van der Waals surface area (Å²) in [6.07, 6.45) is 0.320. The number of benzene rings is 1. The quantitative estimate of drug-likeness (QED) is 0.772. The van der Waals surface area contributed by atoms with E-state index in [0.717, 1.165) is 12.1 Å². The van der Waals surface area contributed by atoms with Crippen LogP contribution in [0, 0.1) is 11.6 Å². The summed E-state index contributed by atoms with van der Waals surface area (Å²) in [6.45, 7) is 6.59. The Morgan fingerprint density at radius 3 is 2.65 bits per heavy atom. The van der Waals surface area contributed by atoms with Gasteiger partial charge in [0.1, 0.15) is 0 Å². The number of likely N-dealkylation sites (tertiary alicyclic amines) is 1.